The maximum Gasteiger partial charge on any atom is 0.157 e. The molecule has 0 radical (unpaired) electrons. The van der Waals surface area contributed by atoms with Gasteiger partial charge >= 0.3 is 0 Å². The molecule has 26 heavy (non-hydrogen) atoms. The Balaban J connectivity index is 1.70. The molecule has 1 atom stereocenters. The van der Waals surface area contributed by atoms with Gasteiger partial charge in [0, 0.05) is 18.8 Å². The Bertz CT molecular complexity index is 750. The summed E-state index contributed by atoms with van der Waals surface area (Å²) in [6, 6.07) is 8.92. The second kappa shape index (κ2) is 8.78. The largest absolute Gasteiger partial charge is 0.507 e. The van der Waals surface area contributed by atoms with Crippen LogP contribution < -0.4 is 4.74 Å². The van der Waals surface area contributed by atoms with Crippen LogP contribution in [0.2, 0.25) is 0 Å². The second-order valence-corrected chi connectivity index (χ2v) is 6.51. The molecule has 0 unspecified atom stereocenters. The highest BCUT2D eigenvalue weighted by Crippen LogP contribution is 2.27. The van der Waals surface area contributed by atoms with E-state index < -0.39 is 0 Å². The van der Waals surface area contributed by atoms with Crippen LogP contribution in [0.1, 0.15) is 40.9 Å². The van der Waals surface area contributed by atoms with E-state index in [0.29, 0.717) is 30.9 Å². The smallest absolute Gasteiger partial charge is 0.157 e. The number of ether oxygens (including phenoxy) is 1. The summed E-state index contributed by atoms with van der Waals surface area (Å²) in [5.74, 6) is 0.337. The number of pyridine rings is 1. The van der Waals surface area contributed by atoms with Crippen molar-refractivity contribution in [2.24, 2.45) is 0 Å². The number of phenolic OH excluding ortho intramolecular Hbond substituents is 1. The maximum atomic E-state index is 11.2. The molecule has 2 heterocycles. The van der Waals surface area contributed by atoms with Crippen molar-refractivity contribution in [2.45, 2.75) is 38.5 Å². The molecule has 1 aromatic heterocycles. The molecule has 1 aromatic carbocycles. The number of likely N-dealkylation sites (tertiary alicyclic amines) is 1. The zero-order valence-electron chi connectivity index (χ0n) is 14.7. The van der Waals surface area contributed by atoms with Gasteiger partial charge < -0.3 is 14.9 Å². The van der Waals surface area contributed by atoms with Crippen LogP contribution in [-0.2, 0) is 13.2 Å². The Morgan fingerprint density at radius 1 is 1.27 bits per heavy atom. The minimum Gasteiger partial charge on any atom is -0.507 e. The van der Waals surface area contributed by atoms with Crippen LogP contribution in [-0.4, -0.2) is 45.6 Å². The zero-order chi connectivity index (χ0) is 18.4. The van der Waals surface area contributed by atoms with Crippen molar-refractivity contribution in [3.8, 4) is 11.5 Å². The third-order valence-electron chi connectivity index (χ3n) is 4.85. The molecule has 1 aliphatic heterocycles. The van der Waals surface area contributed by atoms with Crippen LogP contribution >= 0.6 is 0 Å². The molecule has 0 saturated carbocycles. The topological polar surface area (TPSA) is 82.9 Å². The zero-order valence-corrected chi connectivity index (χ0v) is 14.7. The van der Waals surface area contributed by atoms with E-state index in [0.717, 1.165) is 31.4 Å². The van der Waals surface area contributed by atoms with Gasteiger partial charge in [0.05, 0.1) is 17.9 Å². The highest BCUT2D eigenvalue weighted by Gasteiger charge is 2.24. The molecule has 2 aromatic rings. The number of aromatic hydroxyl groups is 1. The van der Waals surface area contributed by atoms with Crippen LogP contribution in [0.4, 0.5) is 0 Å². The Labute approximate surface area is 153 Å². The quantitative estimate of drug-likeness (QED) is 0.742. The highest BCUT2D eigenvalue weighted by atomic mass is 16.5. The molecule has 0 amide bonds. The van der Waals surface area contributed by atoms with E-state index in [9.17, 15) is 15.0 Å². The monoisotopic (exact) mass is 356 g/mol. The number of hydrogen-bond donors (Lipinski definition) is 2. The summed E-state index contributed by atoms with van der Waals surface area (Å²) in [5.41, 5.74) is 1.91. The lowest BCUT2D eigenvalue weighted by Gasteiger charge is -2.35. The minimum atomic E-state index is -0.0723. The van der Waals surface area contributed by atoms with Gasteiger partial charge in [0.25, 0.3) is 0 Å². The Morgan fingerprint density at radius 2 is 2.15 bits per heavy atom. The van der Waals surface area contributed by atoms with Gasteiger partial charge in [0.2, 0.25) is 0 Å². The van der Waals surface area contributed by atoms with Crippen LogP contribution in [0, 0.1) is 0 Å². The van der Waals surface area contributed by atoms with Crippen molar-refractivity contribution in [3.63, 3.8) is 0 Å². The molecule has 3 rings (SSSR count). The first kappa shape index (κ1) is 18.4. The molecule has 2 N–H and O–H groups in total. The average Bonchev–Trinajstić information content (AvgIpc) is 2.68. The first-order valence-electron chi connectivity index (χ1n) is 8.90. The highest BCUT2D eigenvalue weighted by molar-refractivity contribution is 5.83. The van der Waals surface area contributed by atoms with Crippen molar-refractivity contribution in [3.05, 3.63) is 53.3 Å². The number of hydrogen-bond acceptors (Lipinski definition) is 6. The number of aromatic nitrogens is 1. The van der Waals surface area contributed by atoms with E-state index in [2.05, 4.69) is 9.88 Å². The normalized spacial score (nSPS) is 17.8. The molecule has 1 aliphatic rings. The molecule has 1 saturated heterocycles. The number of aldehydes is 1. The summed E-state index contributed by atoms with van der Waals surface area (Å²) in [6.07, 6.45) is 5.56. The molecular formula is C20H24N2O4. The average molecular weight is 356 g/mol. The fourth-order valence-electron chi connectivity index (χ4n) is 3.40. The molecule has 1 fully saturated rings. The van der Waals surface area contributed by atoms with Gasteiger partial charge in [-0.2, -0.15) is 0 Å². The summed E-state index contributed by atoms with van der Waals surface area (Å²) < 4.78 is 5.87. The summed E-state index contributed by atoms with van der Waals surface area (Å²) in [7, 11) is 0. The predicted molar refractivity (Wildman–Crippen MR) is 97.2 cm³/mol. The third kappa shape index (κ3) is 4.20. The lowest BCUT2D eigenvalue weighted by Crippen LogP contribution is -2.42. The molecule has 0 bridgehead atoms. The Kier molecular flexibility index (Phi) is 6.20. The lowest BCUT2D eigenvalue weighted by atomic mass is 10.0. The number of aliphatic hydroxyl groups is 1. The second-order valence-electron chi connectivity index (χ2n) is 6.51. The van der Waals surface area contributed by atoms with Crippen molar-refractivity contribution < 1.29 is 19.7 Å². The number of carbonyl (C=O) groups is 1. The van der Waals surface area contributed by atoms with Gasteiger partial charge in [-0.1, -0.05) is 18.6 Å². The van der Waals surface area contributed by atoms with E-state index in [1.807, 2.05) is 12.1 Å². The number of phenols is 1. The van der Waals surface area contributed by atoms with E-state index >= 15 is 0 Å². The van der Waals surface area contributed by atoms with E-state index in [-0.39, 0.29) is 24.0 Å². The summed E-state index contributed by atoms with van der Waals surface area (Å²) in [4.78, 5) is 17.8. The van der Waals surface area contributed by atoms with Crippen molar-refractivity contribution in [1.29, 1.82) is 0 Å². The number of piperidine rings is 1. The molecule has 6 nitrogen and oxygen atoms in total. The predicted octanol–water partition coefficient (Wildman–Crippen LogP) is 2.53. The SMILES string of the molecule is O=Cc1c(O)cccc1OC[C@@H]1CCCCN1Cc1cccnc1CO. The van der Waals surface area contributed by atoms with Gasteiger partial charge in [-0.3, -0.25) is 14.7 Å². The summed E-state index contributed by atoms with van der Waals surface area (Å²) in [6.45, 7) is 2.03. The van der Waals surface area contributed by atoms with Gasteiger partial charge in [-0.25, -0.2) is 0 Å². The van der Waals surface area contributed by atoms with Gasteiger partial charge in [0.15, 0.2) is 6.29 Å². The summed E-state index contributed by atoms with van der Waals surface area (Å²) in [5, 5.41) is 19.3. The van der Waals surface area contributed by atoms with Gasteiger partial charge in [-0.15, -0.1) is 0 Å². The first-order chi connectivity index (χ1) is 12.7. The minimum absolute atomic E-state index is 0.0686. The maximum absolute atomic E-state index is 11.2. The van der Waals surface area contributed by atoms with Crippen LogP contribution in [0.25, 0.3) is 0 Å². The Morgan fingerprint density at radius 3 is 2.96 bits per heavy atom. The third-order valence-corrected chi connectivity index (χ3v) is 4.85. The van der Waals surface area contributed by atoms with Crippen molar-refractivity contribution in [1.82, 2.24) is 9.88 Å². The number of aliphatic hydroxyl groups excluding tert-OH is 1. The first-order valence-corrected chi connectivity index (χ1v) is 8.90. The number of nitrogens with zero attached hydrogens (tertiary/aromatic N) is 2. The van der Waals surface area contributed by atoms with Gasteiger partial charge in [0.1, 0.15) is 18.1 Å². The molecule has 138 valence electrons. The van der Waals surface area contributed by atoms with E-state index in [1.165, 1.54) is 6.07 Å². The van der Waals surface area contributed by atoms with Gasteiger partial charge in [-0.05, 0) is 43.1 Å². The van der Waals surface area contributed by atoms with Crippen LogP contribution in [0.15, 0.2) is 36.5 Å². The number of benzene rings is 1. The number of carbonyl (C=O) groups excluding carboxylic acids is 1. The lowest BCUT2D eigenvalue weighted by molar-refractivity contribution is 0.0913. The molecule has 0 spiro atoms. The van der Waals surface area contributed by atoms with E-state index in [1.54, 1.807) is 18.3 Å². The van der Waals surface area contributed by atoms with Crippen molar-refractivity contribution >= 4 is 6.29 Å². The number of rotatable bonds is 7. The molecule has 0 aliphatic carbocycles. The fourth-order valence-corrected chi connectivity index (χ4v) is 3.40. The fraction of sp³-hybridized carbons (Fsp3) is 0.400. The van der Waals surface area contributed by atoms with Crippen molar-refractivity contribution in [2.75, 3.05) is 13.2 Å². The Hall–Kier alpha value is -2.44. The van der Waals surface area contributed by atoms with Crippen LogP contribution in [0.5, 0.6) is 11.5 Å². The van der Waals surface area contributed by atoms with E-state index in [4.69, 9.17) is 4.74 Å². The molecular weight excluding hydrogens is 332 g/mol. The molecule has 6 heteroatoms. The summed E-state index contributed by atoms with van der Waals surface area (Å²) >= 11 is 0. The standard InChI is InChI=1S/C20H24N2O4/c23-12-17-19(25)7-3-8-20(17)26-14-16-6-1-2-10-22(16)11-15-5-4-9-21-18(15)13-24/h3-5,7-9,12,16,24-25H,1-2,6,10-11,13-14H2/t16-/m0/s1. The van der Waals surface area contributed by atoms with Crippen LogP contribution in [0.3, 0.4) is 0 Å².